The second-order valence-electron chi connectivity index (χ2n) is 10.2. The zero-order chi connectivity index (χ0) is 29.6. The summed E-state index contributed by atoms with van der Waals surface area (Å²) in [6.45, 7) is 4.24. The molecule has 1 atom stereocenters. The average molecular weight is 605 g/mol. The summed E-state index contributed by atoms with van der Waals surface area (Å²) < 4.78 is 64.0. The van der Waals surface area contributed by atoms with Crippen LogP contribution >= 0.6 is 11.6 Å². The van der Waals surface area contributed by atoms with E-state index in [2.05, 4.69) is 34.1 Å². The maximum atomic E-state index is 14.0. The van der Waals surface area contributed by atoms with Crippen molar-refractivity contribution in [3.8, 4) is 0 Å². The highest BCUT2D eigenvalue weighted by Gasteiger charge is 2.35. The molecule has 1 saturated heterocycles. The Hall–Kier alpha value is -2.66. The van der Waals surface area contributed by atoms with E-state index < -0.39 is 21.5 Å². The molecule has 0 bridgehead atoms. The molecule has 1 aliphatic rings. The highest BCUT2D eigenvalue weighted by atomic mass is 35.5. The fraction of sp³-hybridized carbons (Fsp3) is 0.355. The van der Waals surface area contributed by atoms with Crippen molar-refractivity contribution in [3.63, 3.8) is 0 Å². The Morgan fingerprint density at radius 1 is 0.902 bits per heavy atom. The van der Waals surface area contributed by atoms with Gasteiger partial charge in [0.25, 0.3) is 0 Å². The third kappa shape index (κ3) is 8.22. The van der Waals surface area contributed by atoms with Crippen LogP contribution in [0.4, 0.5) is 8.78 Å². The van der Waals surface area contributed by atoms with Crippen LogP contribution in [-0.2, 0) is 25.9 Å². The van der Waals surface area contributed by atoms with Gasteiger partial charge in [-0.15, -0.1) is 0 Å². The van der Waals surface area contributed by atoms with Gasteiger partial charge in [0.1, 0.15) is 11.6 Å². The molecule has 1 fully saturated rings. The molecule has 1 heterocycles. The molecule has 0 N–H and O–H groups in total. The first-order chi connectivity index (χ1) is 19.6. The van der Waals surface area contributed by atoms with Crippen LogP contribution in [0.1, 0.15) is 28.3 Å². The Morgan fingerprint density at radius 2 is 1.41 bits per heavy atom. The maximum Gasteiger partial charge on any atom is 0.176 e. The van der Waals surface area contributed by atoms with Crippen LogP contribution < -0.4 is 0 Å². The van der Waals surface area contributed by atoms with E-state index in [-0.39, 0.29) is 16.5 Å². The molecule has 0 radical (unpaired) electrons. The Bertz CT molecular complexity index is 1430. The van der Waals surface area contributed by atoms with Gasteiger partial charge in [-0.25, -0.2) is 17.2 Å². The lowest BCUT2D eigenvalue weighted by molar-refractivity contribution is 0.110. The monoisotopic (exact) mass is 604 g/mol. The van der Waals surface area contributed by atoms with Crippen LogP contribution in [0.25, 0.3) is 4.91 Å². The highest BCUT2D eigenvalue weighted by Crippen LogP contribution is 2.38. The second kappa shape index (κ2) is 14.0. The normalized spacial score (nSPS) is 14.8. The SMILES string of the molecule is COCCN(CCOC)Cc1ccc([C@@H](c2ccc(Cl)cc2)N2CC(=C(c3cc(F)cc(F)c3)S(C)(=O)=O)C2)cc1. The number of methoxy groups -OCH3 is 2. The summed E-state index contributed by atoms with van der Waals surface area (Å²) in [6.07, 6.45) is 1.07. The summed E-state index contributed by atoms with van der Waals surface area (Å²) in [5.41, 5.74) is 3.82. The lowest BCUT2D eigenvalue weighted by Gasteiger charge is -2.42. The first kappa shape index (κ1) is 31.3. The van der Waals surface area contributed by atoms with Gasteiger partial charge in [0.05, 0.1) is 24.2 Å². The molecule has 220 valence electrons. The number of sulfone groups is 1. The van der Waals surface area contributed by atoms with Crippen molar-refractivity contribution < 1.29 is 26.7 Å². The molecule has 4 rings (SSSR count). The molecular formula is C31H35ClF2N2O4S. The maximum absolute atomic E-state index is 14.0. The number of nitrogens with zero attached hydrogens (tertiary/aromatic N) is 2. The van der Waals surface area contributed by atoms with Gasteiger partial charge < -0.3 is 9.47 Å². The number of rotatable bonds is 13. The van der Waals surface area contributed by atoms with Gasteiger partial charge in [-0.2, -0.15) is 0 Å². The van der Waals surface area contributed by atoms with Crippen molar-refractivity contribution in [1.29, 1.82) is 0 Å². The van der Waals surface area contributed by atoms with Crippen molar-refractivity contribution in [2.45, 2.75) is 12.6 Å². The minimum atomic E-state index is -3.75. The molecular weight excluding hydrogens is 570 g/mol. The standard InChI is InChI=1S/C31H35ClF2N2O4S/c1-39-14-12-35(13-15-40-2)19-22-4-6-23(7-5-22)30(24-8-10-27(32)11-9-24)36-20-26(21-36)31(41(3,37)38)25-16-28(33)18-29(34)17-25/h4-11,16-18,30H,12-15,19-21H2,1-3H3/t30-/m0/s1. The molecule has 3 aromatic rings. The zero-order valence-electron chi connectivity index (χ0n) is 23.4. The minimum absolute atomic E-state index is 0.0236. The molecule has 41 heavy (non-hydrogen) atoms. The van der Waals surface area contributed by atoms with Gasteiger partial charge in [-0.1, -0.05) is 48.0 Å². The Labute approximate surface area is 246 Å². The summed E-state index contributed by atoms with van der Waals surface area (Å²) in [5.74, 6) is -1.64. The van der Waals surface area contributed by atoms with Crippen LogP contribution in [-0.4, -0.2) is 78.1 Å². The Kier molecular flexibility index (Phi) is 10.7. The average Bonchev–Trinajstić information content (AvgIpc) is 2.89. The van der Waals surface area contributed by atoms with Gasteiger partial charge in [0.15, 0.2) is 9.84 Å². The Morgan fingerprint density at radius 3 is 1.90 bits per heavy atom. The van der Waals surface area contributed by atoms with Gasteiger partial charge in [-0.3, -0.25) is 9.80 Å². The predicted molar refractivity (Wildman–Crippen MR) is 158 cm³/mol. The molecule has 0 aliphatic carbocycles. The fourth-order valence-electron chi connectivity index (χ4n) is 5.17. The van der Waals surface area contributed by atoms with Gasteiger partial charge in [0, 0.05) is 64.3 Å². The van der Waals surface area contributed by atoms with Crippen LogP contribution in [0.3, 0.4) is 0 Å². The van der Waals surface area contributed by atoms with E-state index in [1.807, 2.05) is 24.3 Å². The fourth-order valence-corrected chi connectivity index (χ4v) is 6.49. The summed E-state index contributed by atoms with van der Waals surface area (Å²) >= 11 is 6.17. The highest BCUT2D eigenvalue weighted by molar-refractivity contribution is 8.00. The number of hydrogen-bond donors (Lipinski definition) is 0. The van der Waals surface area contributed by atoms with E-state index >= 15 is 0 Å². The smallest absolute Gasteiger partial charge is 0.176 e. The lowest BCUT2D eigenvalue weighted by Crippen LogP contribution is -2.44. The molecule has 3 aromatic carbocycles. The van der Waals surface area contributed by atoms with Crippen molar-refractivity contribution in [3.05, 3.63) is 111 Å². The van der Waals surface area contributed by atoms with Crippen LogP contribution in [0.2, 0.25) is 5.02 Å². The molecule has 1 aliphatic heterocycles. The van der Waals surface area contributed by atoms with Crippen molar-refractivity contribution in [1.82, 2.24) is 9.80 Å². The van der Waals surface area contributed by atoms with E-state index in [1.54, 1.807) is 14.2 Å². The minimum Gasteiger partial charge on any atom is -0.383 e. The molecule has 0 unspecified atom stereocenters. The van der Waals surface area contributed by atoms with Crippen LogP contribution in [0.15, 0.2) is 72.3 Å². The number of likely N-dealkylation sites (tertiary alicyclic amines) is 1. The second-order valence-corrected chi connectivity index (χ2v) is 12.6. The lowest BCUT2D eigenvalue weighted by atomic mass is 9.91. The number of hydrogen-bond acceptors (Lipinski definition) is 6. The summed E-state index contributed by atoms with van der Waals surface area (Å²) in [7, 11) is -0.374. The zero-order valence-corrected chi connectivity index (χ0v) is 25.0. The van der Waals surface area contributed by atoms with Gasteiger partial charge >= 0.3 is 0 Å². The van der Waals surface area contributed by atoms with E-state index in [0.29, 0.717) is 36.9 Å². The topological polar surface area (TPSA) is 59.1 Å². The molecule has 0 saturated carbocycles. The molecule has 0 spiro atoms. The van der Waals surface area contributed by atoms with E-state index in [9.17, 15) is 17.2 Å². The van der Waals surface area contributed by atoms with Crippen molar-refractivity contribution in [2.75, 3.05) is 59.9 Å². The third-order valence-electron chi connectivity index (χ3n) is 7.08. The molecule has 0 aromatic heterocycles. The van der Waals surface area contributed by atoms with E-state index in [1.165, 1.54) is 0 Å². The quantitative estimate of drug-likeness (QED) is 0.254. The Balaban J connectivity index is 1.62. The first-order valence-corrected chi connectivity index (χ1v) is 15.5. The molecule has 6 nitrogen and oxygen atoms in total. The van der Waals surface area contributed by atoms with Crippen LogP contribution in [0.5, 0.6) is 0 Å². The largest absolute Gasteiger partial charge is 0.383 e. The molecule has 10 heteroatoms. The van der Waals surface area contributed by atoms with Gasteiger partial charge in [0.2, 0.25) is 0 Å². The number of halogens is 3. The van der Waals surface area contributed by atoms with Crippen molar-refractivity contribution in [2.24, 2.45) is 0 Å². The van der Waals surface area contributed by atoms with E-state index in [0.717, 1.165) is 60.8 Å². The first-order valence-electron chi connectivity index (χ1n) is 13.3. The summed E-state index contributed by atoms with van der Waals surface area (Å²) in [6, 6.07) is 18.6. The molecule has 0 amide bonds. The van der Waals surface area contributed by atoms with E-state index in [4.69, 9.17) is 21.1 Å². The van der Waals surface area contributed by atoms with Crippen molar-refractivity contribution >= 4 is 26.3 Å². The summed E-state index contributed by atoms with van der Waals surface area (Å²) in [4.78, 5) is 4.38. The van der Waals surface area contributed by atoms with Crippen LogP contribution in [0, 0.1) is 11.6 Å². The summed E-state index contributed by atoms with van der Waals surface area (Å²) in [5, 5.41) is 0.617. The number of ether oxygens (including phenoxy) is 2. The third-order valence-corrected chi connectivity index (χ3v) is 8.60. The predicted octanol–water partition coefficient (Wildman–Crippen LogP) is 5.57. The number of benzene rings is 3. The van der Waals surface area contributed by atoms with Gasteiger partial charge in [-0.05, 0) is 52.1 Å².